The van der Waals surface area contributed by atoms with E-state index in [9.17, 15) is 9.59 Å². The largest absolute Gasteiger partial charge is 0.379 e. The summed E-state index contributed by atoms with van der Waals surface area (Å²) in [5, 5.41) is 0. The third kappa shape index (κ3) is 23.4. The predicted octanol–water partition coefficient (Wildman–Crippen LogP) is 5.10. The fourth-order valence-corrected chi connectivity index (χ4v) is 4.23. The Bertz CT molecular complexity index is 598. The first kappa shape index (κ1) is 36.7. The van der Waals surface area contributed by atoms with Crippen molar-refractivity contribution in [3.8, 4) is 0 Å². The van der Waals surface area contributed by atoms with Crippen LogP contribution in [0.5, 0.6) is 0 Å². The lowest BCUT2D eigenvalue weighted by molar-refractivity contribution is -0.137. The molecule has 40 heavy (non-hydrogen) atoms. The summed E-state index contributed by atoms with van der Waals surface area (Å²) in [6, 6.07) is 0. The third-order valence-corrected chi connectivity index (χ3v) is 6.61. The van der Waals surface area contributed by atoms with Gasteiger partial charge in [-0.05, 0) is 6.42 Å². The lowest BCUT2D eigenvalue weighted by Crippen LogP contribution is -2.33. The van der Waals surface area contributed by atoms with Crippen molar-refractivity contribution in [3.05, 3.63) is 12.2 Å². The summed E-state index contributed by atoms with van der Waals surface area (Å²) in [5.41, 5.74) is 0. The molecular formula is C31H57NO8. The zero-order chi connectivity index (χ0) is 28.8. The Morgan fingerprint density at radius 1 is 0.425 bits per heavy atom. The minimum atomic E-state index is -0.293. The molecule has 1 rings (SSSR count). The van der Waals surface area contributed by atoms with Gasteiger partial charge in [-0.25, -0.2) is 0 Å². The lowest BCUT2D eigenvalue weighted by Gasteiger charge is -2.13. The molecule has 0 N–H and O–H groups in total. The van der Waals surface area contributed by atoms with Gasteiger partial charge in [0.05, 0.1) is 79.2 Å². The maximum absolute atomic E-state index is 11.4. The van der Waals surface area contributed by atoms with Crippen LogP contribution in [0.1, 0.15) is 90.4 Å². The topological polar surface area (TPSA) is 92.8 Å². The Hall–Kier alpha value is -1.36. The molecule has 0 fully saturated rings. The molecule has 0 spiro atoms. The third-order valence-electron chi connectivity index (χ3n) is 6.61. The summed E-state index contributed by atoms with van der Waals surface area (Å²) < 4.78 is 32.9. The van der Waals surface area contributed by atoms with Crippen molar-refractivity contribution in [3.63, 3.8) is 0 Å². The van der Waals surface area contributed by atoms with Gasteiger partial charge in [0.15, 0.2) is 0 Å². The van der Waals surface area contributed by atoms with Crippen molar-refractivity contribution in [1.29, 1.82) is 0 Å². The highest BCUT2D eigenvalue weighted by Crippen LogP contribution is 2.12. The second kappa shape index (κ2) is 29.1. The van der Waals surface area contributed by atoms with Gasteiger partial charge in [0.25, 0.3) is 11.8 Å². The minimum Gasteiger partial charge on any atom is -0.379 e. The van der Waals surface area contributed by atoms with Gasteiger partial charge >= 0.3 is 0 Å². The number of amides is 2. The molecule has 1 aliphatic heterocycles. The van der Waals surface area contributed by atoms with Crippen molar-refractivity contribution in [2.75, 3.05) is 85.8 Å². The van der Waals surface area contributed by atoms with Gasteiger partial charge in [-0.1, -0.05) is 84.0 Å². The number of unbranched alkanes of at least 4 members (excludes halogenated alkanes) is 12. The molecule has 0 aromatic heterocycles. The molecule has 0 aromatic rings. The molecule has 0 radical (unpaired) electrons. The molecular weight excluding hydrogens is 514 g/mol. The quantitative estimate of drug-likeness (QED) is 0.0813. The number of ether oxygens (including phenoxy) is 6. The molecule has 234 valence electrons. The van der Waals surface area contributed by atoms with E-state index in [1.54, 1.807) is 0 Å². The van der Waals surface area contributed by atoms with Gasteiger partial charge in [-0.3, -0.25) is 14.5 Å². The van der Waals surface area contributed by atoms with E-state index in [-0.39, 0.29) is 18.4 Å². The van der Waals surface area contributed by atoms with Crippen molar-refractivity contribution >= 4 is 11.8 Å². The highest BCUT2D eigenvalue weighted by atomic mass is 16.6. The number of carbonyl (C=O) groups is 2. The molecule has 0 saturated heterocycles. The first-order chi connectivity index (χ1) is 19.8. The zero-order valence-electron chi connectivity index (χ0n) is 25.3. The summed E-state index contributed by atoms with van der Waals surface area (Å²) in [6.07, 6.45) is 20.3. The first-order valence-corrected chi connectivity index (χ1v) is 15.8. The smallest absolute Gasteiger partial charge is 0.253 e. The molecule has 9 heteroatoms. The van der Waals surface area contributed by atoms with Gasteiger partial charge in [-0.2, -0.15) is 0 Å². The highest BCUT2D eigenvalue weighted by molar-refractivity contribution is 6.12. The normalized spacial score (nSPS) is 13.3. The van der Waals surface area contributed by atoms with Crippen LogP contribution in [0, 0.1) is 0 Å². The van der Waals surface area contributed by atoms with E-state index in [0.29, 0.717) is 72.7 Å². The van der Waals surface area contributed by atoms with E-state index >= 15 is 0 Å². The fourth-order valence-electron chi connectivity index (χ4n) is 4.23. The van der Waals surface area contributed by atoms with E-state index in [2.05, 4.69) is 6.92 Å². The molecule has 0 saturated carbocycles. The second-order valence-corrected chi connectivity index (χ2v) is 10.1. The van der Waals surface area contributed by atoms with Crippen LogP contribution >= 0.6 is 0 Å². The molecule has 0 aliphatic carbocycles. The van der Waals surface area contributed by atoms with E-state index in [1.807, 2.05) is 0 Å². The van der Waals surface area contributed by atoms with Gasteiger partial charge in [-0.15, -0.1) is 0 Å². The minimum absolute atomic E-state index is 0.256. The van der Waals surface area contributed by atoms with E-state index in [4.69, 9.17) is 28.4 Å². The second-order valence-electron chi connectivity index (χ2n) is 10.1. The van der Waals surface area contributed by atoms with Crippen molar-refractivity contribution in [2.45, 2.75) is 90.4 Å². The number of hydrogen-bond acceptors (Lipinski definition) is 8. The SMILES string of the molecule is CCCCCCCCCCCCCCCOCCOCCOCCOCCOCCOCCN1C(=O)C=CC1=O. The van der Waals surface area contributed by atoms with Crippen LogP contribution in [-0.4, -0.2) is 103 Å². The summed E-state index contributed by atoms with van der Waals surface area (Å²) in [5.74, 6) is -0.586. The summed E-state index contributed by atoms with van der Waals surface area (Å²) >= 11 is 0. The monoisotopic (exact) mass is 571 g/mol. The Morgan fingerprint density at radius 3 is 1.10 bits per heavy atom. The van der Waals surface area contributed by atoms with E-state index < -0.39 is 0 Å². The van der Waals surface area contributed by atoms with Crippen LogP contribution < -0.4 is 0 Å². The summed E-state index contributed by atoms with van der Waals surface area (Å²) in [4.78, 5) is 23.9. The van der Waals surface area contributed by atoms with Crippen LogP contribution in [0.2, 0.25) is 0 Å². The lowest BCUT2D eigenvalue weighted by atomic mass is 10.0. The van der Waals surface area contributed by atoms with Gasteiger partial charge in [0.2, 0.25) is 0 Å². The fraction of sp³-hybridized carbons (Fsp3) is 0.871. The molecule has 0 unspecified atom stereocenters. The Morgan fingerprint density at radius 2 is 0.725 bits per heavy atom. The number of nitrogens with zero attached hydrogens (tertiary/aromatic N) is 1. The van der Waals surface area contributed by atoms with Gasteiger partial charge in [0.1, 0.15) is 0 Å². The average molecular weight is 572 g/mol. The maximum atomic E-state index is 11.4. The van der Waals surface area contributed by atoms with Gasteiger partial charge in [0, 0.05) is 18.8 Å². The molecule has 0 bridgehead atoms. The average Bonchev–Trinajstić information content (AvgIpc) is 3.28. The zero-order valence-corrected chi connectivity index (χ0v) is 25.3. The number of carbonyl (C=O) groups excluding carboxylic acids is 2. The van der Waals surface area contributed by atoms with Crippen molar-refractivity contribution in [2.24, 2.45) is 0 Å². The van der Waals surface area contributed by atoms with Crippen LogP contribution in [0.25, 0.3) is 0 Å². The van der Waals surface area contributed by atoms with Crippen molar-refractivity contribution in [1.82, 2.24) is 4.90 Å². The number of imide groups is 1. The van der Waals surface area contributed by atoms with Crippen LogP contribution in [0.15, 0.2) is 12.2 Å². The number of rotatable bonds is 32. The first-order valence-electron chi connectivity index (χ1n) is 15.8. The van der Waals surface area contributed by atoms with E-state index in [1.165, 1.54) is 89.2 Å². The standard InChI is InChI=1S/C31H57NO8/c1-2-3-4-5-6-7-8-9-10-11-12-13-14-18-35-20-22-37-24-26-39-28-29-40-27-25-38-23-21-36-19-17-32-30(33)15-16-31(32)34/h15-16H,2-14,17-29H2,1H3. The molecule has 2 amide bonds. The Labute approximate surface area is 243 Å². The predicted molar refractivity (Wildman–Crippen MR) is 156 cm³/mol. The highest BCUT2D eigenvalue weighted by Gasteiger charge is 2.22. The molecule has 1 heterocycles. The number of hydrogen-bond donors (Lipinski definition) is 0. The molecule has 1 aliphatic rings. The van der Waals surface area contributed by atoms with Crippen molar-refractivity contribution < 1.29 is 38.0 Å². The Kier molecular flexibility index (Phi) is 26.7. The van der Waals surface area contributed by atoms with E-state index in [0.717, 1.165) is 17.9 Å². The molecule has 9 nitrogen and oxygen atoms in total. The summed E-state index contributed by atoms with van der Waals surface area (Å²) in [6.45, 7) is 8.81. The van der Waals surface area contributed by atoms with Crippen LogP contribution in [-0.2, 0) is 38.0 Å². The molecule has 0 atom stereocenters. The van der Waals surface area contributed by atoms with Gasteiger partial charge < -0.3 is 28.4 Å². The van der Waals surface area contributed by atoms with Crippen LogP contribution in [0.3, 0.4) is 0 Å². The maximum Gasteiger partial charge on any atom is 0.253 e. The van der Waals surface area contributed by atoms with Crippen LogP contribution in [0.4, 0.5) is 0 Å². The molecule has 0 aromatic carbocycles. The Balaban J connectivity index is 1.63. The summed E-state index contributed by atoms with van der Waals surface area (Å²) in [7, 11) is 0.